The molecule has 0 aliphatic carbocycles. The highest BCUT2D eigenvalue weighted by atomic mass is 16.2. The summed E-state index contributed by atoms with van der Waals surface area (Å²) >= 11 is 0. The van der Waals surface area contributed by atoms with E-state index in [4.69, 9.17) is 0 Å². The van der Waals surface area contributed by atoms with E-state index in [2.05, 4.69) is 25.8 Å². The van der Waals surface area contributed by atoms with Crippen LogP contribution in [0.25, 0.3) is 0 Å². The second kappa shape index (κ2) is 5.89. The second-order valence-electron chi connectivity index (χ2n) is 4.10. The van der Waals surface area contributed by atoms with Gasteiger partial charge in [0.1, 0.15) is 5.82 Å². The Morgan fingerprint density at radius 2 is 2.21 bits per heavy atom. The molecule has 19 heavy (non-hydrogen) atoms. The van der Waals surface area contributed by atoms with Gasteiger partial charge in [-0.1, -0.05) is 5.21 Å². The first kappa shape index (κ1) is 12.9. The van der Waals surface area contributed by atoms with Gasteiger partial charge in [0.05, 0.1) is 12.7 Å². The van der Waals surface area contributed by atoms with Crippen LogP contribution in [0.15, 0.2) is 24.5 Å². The molecular weight excluding hydrogens is 246 g/mol. The number of rotatable bonds is 5. The molecule has 1 amide bonds. The predicted octanol–water partition coefficient (Wildman–Crippen LogP) is -0.118. The molecule has 0 bridgehead atoms. The van der Waals surface area contributed by atoms with Crippen molar-refractivity contribution in [3.8, 4) is 0 Å². The average Bonchev–Trinajstić information content (AvgIpc) is 2.92. The lowest BCUT2D eigenvalue weighted by Gasteiger charge is -2.09. The maximum atomic E-state index is 11.6. The minimum absolute atomic E-state index is 0.165. The summed E-state index contributed by atoms with van der Waals surface area (Å²) < 4.78 is 1.71. The SMILES string of the molecule is CN(C)C(=O)c1ccc(NCCn2ccnn2)nn1. The number of aromatic nitrogens is 5. The summed E-state index contributed by atoms with van der Waals surface area (Å²) in [7, 11) is 3.35. The van der Waals surface area contributed by atoms with Crippen molar-refractivity contribution in [3.63, 3.8) is 0 Å². The van der Waals surface area contributed by atoms with Gasteiger partial charge in [0.25, 0.3) is 5.91 Å². The summed E-state index contributed by atoms with van der Waals surface area (Å²) in [6, 6.07) is 3.37. The topological polar surface area (TPSA) is 88.8 Å². The van der Waals surface area contributed by atoms with Gasteiger partial charge in [-0.3, -0.25) is 9.48 Å². The Labute approximate surface area is 110 Å². The molecule has 0 fully saturated rings. The molecule has 0 saturated carbocycles. The molecule has 100 valence electrons. The highest BCUT2D eigenvalue weighted by Gasteiger charge is 2.09. The number of nitrogens with one attached hydrogen (secondary N) is 1. The molecule has 0 unspecified atom stereocenters. The summed E-state index contributed by atoms with van der Waals surface area (Å²) in [5.74, 6) is 0.456. The predicted molar refractivity (Wildman–Crippen MR) is 68.6 cm³/mol. The van der Waals surface area contributed by atoms with Crippen molar-refractivity contribution in [1.29, 1.82) is 0 Å². The fourth-order valence-electron chi connectivity index (χ4n) is 1.42. The average molecular weight is 261 g/mol. The van der Waals surface area contributed by atoms with Crippen LogP contribution < -0.4 is 5.32 Å². The van der Waals surface area contributed by atoms with Gasteiger partial charge in [0.2, 0.25) is 0 Å². The minimum Gasteiger partial charge on any atom is -0.367 e. The Bertz CT molecular complexity index is 520. The zero-order valence-corrected chi connectivity index (χ0v) is 10.8. The number of nitrogens with zero attached hydrogens (tertiary/aromatic N) is 6. The van der Waals surface area contributed by atoms with Gasteiger partial charge in [-0.25, -0.2) is 0 Å². The first-order valence-corrected chi connectivity index (χ1v) is 5.80. The lowest BCUT2D eigenvalue weighted by Crippen LogP contribution is -2.23. The number of carbonyl (C=O) groups is 1. The monoisotopic (exact) mass is 261 g/mol. The fourth-order valence-corrected chi connectivity index (χ4v) is 1.42. The molecule has 0 spiro atoms. The lowest BCUT2D eigenvalue weighted by atomic mass is 10.3. The summed E-state index contributed by atoms with van der Waals surface area (Å²) in [4.78, 5) is 13.1. The van der Waals surface area contributed by atoms with Gasteiger partial charge in [-0.2, -0.15) is 0 Å². The van der Waals surface area contributed by atoms with Crippen LogP contribution in [0.5, 0.6) is 0 Å². The van der Waals surface area contributed by atoms with Crippen molar-refractivity contribution >= 4 is 11.7 Å². The molecule has 8 heteroatoms. The van der Waals surface area contributed by atoms with E-state index in [1.54, 1.807) is 43.3 Å². The van der Waals surface area contributed by atoms with E-state index < -0.39 is 0 Å². The zero-order valence-electron chi connectivity index (χ0n) is 10.8. The maximum Gasteiger partial charge on any atom is 0.273 e. The van der Waals surface area contributed by atoms with Crippen LogP contribution >= 0.6 is 0 Å². The standard InChI is InChI=1S/C11H15N7O/c1-17(2)11(19)9-3-4-10(15-14-9)12-5-7-18-8-6-13-16-18/h3-4,6,8H,5,7H2,1-2H3,(H,12,15). The fraction of sp³-hybridized carbons (Fsp3) is 0.364. The van der Waals surface area contributed by atoms with Crippen LogP contribution in [0.3, 0.4) is 0 Å². The van der Waals surface area contributed by atoms with E-state index >= 15 is 0 Å². The molecule has 0 aromatic carbocycles. The van der Waals surface area contributed by atoms with Crippen LogP contribution in [0.4, 0.5) is 5.82 Å². The Morgan fingerprint density at radius 1 is 1.37 bits per heavy atom. The van der Waals surface area contributed by atoms with Gasteiger partial charge >= 0.3 is 0 Å². The smallest absolute Gasteiger partial charge is 0.273 e. The molecule has 2 rings (SSSR count). The van der Waals surface area contributed by atoms with E-state index in [0.717, 1.165) is 0 Å². The number of amides is 1. The van der Waals surface area contributed by atoms with Gasteiger partial charge in [0.15, 0.2) is 5.69 Å². The van der Waals surface area contributed by atoms with Crippen molar-refractivity contribution in [1.82, 2.24) is 30.1 Å². The summed E-state index contributed by atoms with van der Waals surface area (Å²) in [6.07, 6.45) is 3.41. The van der Waals surface area contributed by atoms with Crippen molar-refractivity contribution in [3.05, 3.63) is 30.2 Å². The number of anilines is 1. The quantitative estimate of drug-likeness (QED) is 0.807. The van der Waals surface area contributed by atoms with E-state index in [-0.39, 0.29) is 5.91 Å². The molecule has 2 aromatic rings. The largest absolute Gasteiger partial charge is 0.367 e. The molecule has 0 aliphatic heterocycles. The molecule has 0 aliphatic rings. The maximum absolute atomic E-state index is 11.6. The van der Waals surface area contributed by atoms with Crippen LogP contribution in [0.2, 0.25) is 0 Å². The Balaban J connectivity index is 1.86. The Hall–Kier alpha value is -2.51. The van der Waals surface area contributed by atoms with E-state index in [0.29, 0.717) is 24.6 Å². The third-order valence-electron chi connectivity index (χ3n) is 2.41. The highest BCUT2D eigenvalue weighted by Crippen LogP contribution is 2.03. The lowest BCUT2D eigenvalue weighted by molar-refractivity contribution is 0.0821. The Morgan fingerprint density at radius 3 is 2.79 bits per heavy atom. The number of hydrogen-bond donors (Lipinski definition) is 1. The molecule has 0 atom stereocenters. The zero-order chi connectivity index (χ0) is 13.7. The van der Waals surface area contributed by atoms with Gasteiger partial charge in [-0.05, 0) is 12.1 Å². The normalized spacial score (nSPS) is 10.2. The van der Waals surface area contributed by atoms with Gasteiger partial charge in [-0.15, -0.1) is 15.3 Å². The Kier molecular flexibility index (Phi) is 4.01. The van der Waals surface area contributed by atoms with E-state index in [1.165, 1.54) is 4.90 Å². The van der Waals surface area contributed by atoms with Crippen LogP contribution in [0.1, 0.15) is 10.5 Å². The third kappa shape index (κ3) is 3.47. The molecule has 0 radical (unpaired) electrons. The number of hydrogen-bond acceptors (Lipinski definition) is 6. The first-order chi connectivity index (χ1) is 9.16. The molecule has 2 aromatic heterocycles. The first-order valence-electron chi connectivity index (χ1n) is 5.80. The molecule has 0 saturated heterocycles. The van der Waals surface area contributed by atoms with E-state index in [9.17, 15) is 4.79 Å². The van der Waals surface area contributed by atoms with Gasteiger partial charge < -0.3 is 10.2 Å². The van der Waals surface area contributed by atoms with Crippen molar-refractivity contribution in [2.45, 2.75) is 6.54 Å². The molecule has 1 N–H and O–H groups in total. The van der Waals surface area contributed by atoms with Crippen LogP contribution in [0, 0.1) is 0 Å². The highest BCUT2D eigenvalue weighted by molar-refractivity contribution is 5.91. The summed E-state index contributed by atoms with van der Waals surface area (Å²) in [5.41, 5.74) is 0.326. The van der Waals surface area contributed by atoms with E-state index in [1.807, 2.05) is 0 Å². The van der Waals surface area contributed by atoms with Crippen molar-refractivity contribution in [2.75, 3.05) is 26.0 Å². The summed E-state index contributed by atoms with van der Waals surface area (Å²) in [6.45, 7) is 1.33. The minimum atomic E-state index is -0.165. The van der Waals surface area contributed by atoms with Crippen LogP contribution in [-0.2, 0) is 6.54 Å². The second-order valence-corrected chi connectivity index (χ2v) is 4.10. The van der Waals surface area contributed by atoms with Crippen molar-refractivity contribution < 1.29 is 4.79 Å². The number of carbonyl (C=O) groups excluding carboxylic acids is 1. The molecular formula is C11H15N7O. The molecule has 2 heterocycles. The van der Waals surface area contributed by atoms with Gasteiger partial charge in [0, 0.05) is 26.8 Å². The van der Waals surface area contributed by atoms with Crippen LogP contribution in [-0.4, -0.2) is 56.6 Å². The third-order valence-corrected chi connectivity index (χ3v) is 2.41. The summed E-state index contributed by atoms with van der Waals surface area (Å²) in [5, 5.41) is 18.5. The van der Waals surface area contributed by atoms with Crippen molar-refractivity contribution in [2.24, 2.45) is 0 Å². The molecule has 8 nitrogen and oxygen atoms in total.